The summed E-state index contributed by atoms with van der Waals surface area (Å²) >= 11 is 4.82. The zero-order valence-electron chi connectivity index (χ0n) is 11.9. The molecule has 0 spiro atoms. The summed E-state index contributed by atoms with van der Waals surface area (Å²) in [6.07, 6.45) is -1.80. The monoisotopic (exact) mass is 333 g/mol. The second-order valence-electron chi connectivity index (χ2n) is 5.45. The number of likely N-dealkylation sites (N-methyl/N-ethyl adjacent to an activating group) is 1. The van der Waals surface area contributed by atoms with Gasteiger partial charge >= 0.3 is 12.1 Å². The molecule has 2 unspecified atom stereocenters. The Labute approximate surface area is 126 Å². The first-order valence-corrected chi connectivity index (χ1v) is 7.11. The van der Waals surface area contributed by atoms with Crippen LogP contribution in [0.5, 0.6) is 0 Å². The molecule has 1 saturated carbocycles. The predicted octanol–water partition coefficient (Wildman–Crippen LogP) is 2.52. The molecule has 0 aromatic heterocycles. The zero-order valence-corrected chi connectivity index (χ0v) is 12.8. The van der Waals surface area contributed by atoms with Crippen molar-refractivity contribution in [2.24, 2.45) is 0 Å². The molecular weight excluding hydrogens is 313 g/mol. The van der Waals surface area contributed by atoms with Crippen molar-refractivity contribution in [1.29, 1.82) is 0 Å². The second kappa shape index (κ2) is 7.04. The smallest absolute Gasteiger partial charge is 0.358 e. The fourth-order valence-corrected chi connectivity index (χ4v) is 2.63. The lowest BCUT2D eigenvalue weighted by Gasteiger charge is -2.37. The molecule has 0 aliphatic heterocycles. The largest absolute Gasteiger partial charge is 0.455 e. The number of hydrogen-bond acceptors (Lipinski definition) is 2. The number of nitrogens with zero attached hydrogens (tertiary/aromatic N) is 1. The van der Waals surface area contributed by atoms with Crippen LogP contribution < -0.4 is 10.6 Å². The highest BCUT2D eigenvalue weighted by molar-refractivity contribution is 7.80. The van der Waals surface area contributed by atoms with E-state index < -0.39 is 18.6 Å². The summed E-state index contributed by atoms with van der Waals surface area (Å²) in [5.41, 5.74) is 0. The number of nitrogens with one attached hydrogen (secondary N) is 2. The molecule has 0 heterocycles. The van der Waals surface area contributed by atoms with Gasteiger partial charge in [0.2, 0.25) is 0 Å². The van der Waals surface area contributed by atoms with Crippen molar-refractivity contribution in [3.8, 4) is 0 Å². The third-order valence-electron chi connectivity index (χ3n) is 3.59. The van der Waals surface area contributed by atoms with Crippen LogP contribution in [0.4, 0.5) is 22.0 Å². The van der Waals surface area contributed by atoms with E-state index in [9.17, 15) is 22.0 Å². The molecule has 21 heavy (non-hydrogen) atoms. The van der Waals surface area contributed by atoms with Crippen LogP contribution in [-0.4, -0.2) is 54.8 Å². The Morgan fingerprint density at radius 1 is 1.14 bits per heavy atom. The van der Waals surface area contributed by atoms with Gasteiger partial charge in [0.05, 0.1) is 6.54 Å². The molecular formula is C12H20F5N3S. The minimum absolute atomic E-state index is 0.0479. The third-order valence-corrected chi connectivity index (χ3v) is 3.86. The van der Waals surface area contributed by atoms with E-state index in [1.807, 2.05) is 24.3 Å². The second-order valence-corrected chi connectivity index (χ2v) is 5.86. The van der Waals surface area contributed by atoms with E-state index in [0.717, 1.165) is 25.7 Å². The zero-order chi connectivity index (χ0) is 16.3. The molecule has 2 atom stereocenters. The fraction of sp³-hybridized carbons (Fsp3) is 0.917. The van der Waals surface area contributed by atoms with Crippen molar-refractivity contribution >= 4 is 17.3 Å². The van der Waals surface area contributed by atoms with Crippen molar-refractivity contribution in [3.05, 3.63) is 0 Å². The molecule has 1 aliphatic rings. The van der Waals surface area contributed by atoms with E-state index in [1.165, 1.54) is 0 Å². The summed E-state index contributed by atoms with van der Waals surface area (Å²) in [5.74, 6) is -4.80. The van der Waals surface area contributed by atoms with E-state index >= 15 is 0 Å². The highest BCUT2D eigenvalue weighted by atomic mass is 32.1. The van der Waals surface area contributed by atoms with Gasteiger partial charge in [-0.1, -0.05) is 12.8 Å². The summed E-state index contributed by atoms with van der Waals surface area (Å²) in [6, 6.07) is 0.134. The molecule has 1 fully saturated rings. The minimum atomic E-state index is -5.58. The Hall–Kier alpha value is -0.700. The molecule has 0 aromatic rings. The van der Waals surface area contributed by atoms with Crippen molar-refractivity contribution in [2.75, 3.05) is 20.6 Å². The third kappa shape index (κ3) is 5.21. The average Bonchev–Trinajstić information content (AvgIpc) is 2.35. The maximum Gasteiger partial charge on any atom is 0.455 e. The number of thiocarbonyl (C=S) groups is 1. The van der Waals surface area contributed by atoms with E-state index in [1.54, 1.807) is 0 Å². The van der Waals surface area contributed by atoms with Gasteiger partial charge in [0.15, 0.2) is 5.11 Å². The van der Waals surface area contributed by atoms with E-state index in [4.69, 9.17) is 12.2 Å². The quantitative estimate of drug-likeness (QED) is 0.611. The number of rotatable bonds is 4. The molecule has 0 aromatic carbocycles. The summed E-state index contributed by atoms with van der Waals surface area (Å²) in [4.78, 5) is 2.00. The van der Waals surface area contributed by atoms with Gasteiger partial charge in [0, 0.05) is 12.1 Å². The summed E-state index contributed by atoms with van der Waals surface area (Å²) < 4.78 is 61.7. The normalized spacial score (nSPS) is 24.0. The molecule has 0 amide bonds. The van der Waals surface area contributed by atoms with Crippen molar-refractivity contribution in [3.63, 3.8) is 0 Å². The fourth-order valence-electron chi connectivity index (χ4n) is 2.41. The lowest BCUT2D eigenvalue weighted by molar-refractivity contribution is -0.278. The SMILES string of the molecule is CN(C)C1CCCCC1NC(=S)NCC(F)(F)C(F)(F)F. The van der Waals surface area contributed by atoms with Crippen molar-refractivity contribution < 1.29 is 22.0 Å². The number of hydrogen-bond donors (Lipinski definition) is 2. The van der Waals surface area contributed by atoms with Gasteiger partial charge in [-0.15, -0.1) is 0 Å². The van der Waals surface area contributed by atoms with Crippen LogP contribution in [0.15, 0.2) is 0 Å². The molecule has 1 rings (SSSR count). The Morgan fingerprint density at radius 3 is 2.24 bits per heavy atom. The van der Waals surface area contributed by atoms with Crippen LogP contribution in [0.25, 0.3) is 0 Å². The summed E-state index contributed by atoms with van der Waals surface area (Å²) in [6.45, 7) is -1.55. The van der Waals surface area contributed by atoms with E-state index in [-0.39, 0.29) is 17.2 Å². The first-order valence-electron chi connectivity index (χ1n) is 6.70. The number of halogens is 5. The van der Waals surface area contributed by atoms with Crippen LogP contribution in [0, 0.1) is 0 Å². The molecule has 9 heteroatoms. The van der Waals surface area contributed by atoms with E-state index in [2.05, 4.69) is 5.32 Å². The summed E-state index contributed by atoms with van der Waals surface area (Å²) in [5, 5.41) is 4.65. The predicted molar refractivity (Wildman–Crippen MR) is 74.5 cm³/mol. The first-order chi connectivity index (χ1) is 9.54. The van der Waals surface area contributed by atoms with Gasteiger partial charge < -0.3 is 15.5 Å². The molecule has 2 N–H and O–H groups in total. The Morgan fingerprint density at radius 2 is 1.71 bits per heavy atom. The van der Waals surface area contributed by atoms with Gasteiger partial charge in [0.25, 0.3) is 0 Å². The summed E-state index contributed by atoms with van der Waals surface area (Å²) in [7, 11) is 3.80. The molecule has 124 valence electrons. The van der Waals surface area contributed by atoms with E-state index in [0.29, 0.717) is 0 Å². The Kier molecular flexibility index (Phi) is 6.15. The van der Waals surface area contributed by atoms with Gasteiger partial charge in [-0.3, -0.25) is 0 Å². The Balaban J connectivity index is 2.49. The highest BCUT2D eigenvalue weighted by Crippen LogP contribution is 2.34. The van der Waals surface area contributed by atoms with Gasteiger partial charge in [-0.25, -0.2) is 0 Å². The molecule has 0 saturated heterocycles. The maximum absolute atomic E-state index is 12.8. The lowest BCUT2D eigenvalue weighted by Crippen LogP contribution is -2.55. The molecule has 3 nitrogen and oxygen atoms in total. The van der Waals surface area contributed by atoms with Crippen LogP contribution in [-0.2, 0) is 0 Å². The van der Waals surface area contributed by atoms with Crippen molar-refractivity contribution in [2.45, 2.75) is 49.9 Å². The lowest BCUT2D eigenvalue weighted by atomic mass is 9.90. The van der Waals surface area contributed by atoms with Gasteiger partial charge in [-0.05, 0) is 39.2 Å². The van der Waals surface area contributed by atoms with Crippen molar-refractivity contribution in [1.82, 2.24) is 15.5 Å². The average molecular weight is 333 g/mol. The first kappa shape index (κ1) is 18.3. The molecule has 0 radical (unpaired) electrons. The maximum atomic E-state index is 12.8. The van der Waals surface area contributed by atoms with Crippen LogP contribution >= 0.6 is 12.2 Å². The van der Waals surface area contributed by atoms with Crippen LogP contribution in [0.1, 0.15) is 25.7 Å². The topological polar surface area (TPSA) is 27.3 Å². The number of alkyl halides is 5. The molecule has 0 bridgehead atoms. The van der Waals surface area contributed by atoms with Crippen LogP contribution in [0.2, 0.25) is 0 Å². The molecule has 1 aliphatic carbocycles. The highest BCUT2D eigenvalue weighted by Gasteiger charge is 2.57. The van der Waals surface area contributed by atoms with Gasteiger partial charge in [0.1, 0.15) is 0 Å². The minimum Gasteiger partial charge on any atom is -0.358 e. The standard InChI is InChI=1S/C12H20F5N3S/c1-20(2)9-6-4-3-5-8(9)19-10(21)18-7-11(13,14)12(15,16)17/h8-9H,3-7H2,1-2H3,(H2,18,19,21). The van der Waals surface area contributed by atoms with Crippen LogP contribution in [0.3, 0.4) is 0 Å². The Bertz CT molecular complexity index is 359. The van der Waals surface area contributed by atoms with Gasteiger partial charge in [-0.2, -0.15) is 22.0 Å².